The number of fused-ring (bicyclic) bond motifs is 1. The molecular weight excluding hydrogens is 476 g/mol. The topological polar surface area (TPSA) is 86.5 Å². The van der Waals surface area contributed by atoms with Crippen LogP contribution in [0.25, 0.3) is 10.9 Å². The Labute approximate surface area is 226 Å². The highest BCUT2D eigenvalue weighted by molar-refractivity contribution is 6.02. The van der Waals surface area contributed by atoms with Crippen LogP contribution in [0.15, 0.2) is 48.3 Å². The molecule has 38 heavy (non-hydrogen) atoms. The lowest BCUT2D eigenvalue weighted by Crippen LogP contribution is -2.50. The molecule has 3 atom stereocenters. The first kappa shape index (κ1) is 26.5. The number of para-hydroxylation sites is 1. The average molecular weight is 519 g/mol. The van der Waals surface area contributed by atoms with Crippen LogP contribution in [-0.2, 0) is 9.53 Å². The molecule has 0 bridgehead atoms. The van der Waals surface area contributed by atoms with Crippen LogP contribution < -0.4 is 10.6 Å². The quantitative estimate of drug-likeness (QED) is 0.375. The van der Waals surface area contributed by atoms with Gasteiger partial charge in [0.05, 0.1) is 0 Å². The molecule has 7 heteroatoms. The Morgan fingerprint density at radius 1 is 1.16 bits per heavy atom. The van der Waals surface area contributed by atoms with E-state index in [0.29, 0.717) is 24.6 Å². The number of nitrogens with zero attached hydrogens (tertiary/aromatic N) is 1. The van der Waals surface area contributed by atoms with Gasteiger partial charge in [0.15, 0.2) is 0 Å². The van der Waals surface area contributed by atoms with Crippen LogP contribution in [0.3, 0.4) is 0 Å². The van der Waals surface area contributed by atoms with Crippen molar-refractivity contribution in [3.05, 3.63) is 59.5 Å². The van der Waals surface area contributed by atoms with Crippen LogP contribution in [0.4, 0.5) is 0 Å². The third-order valence-electron chi connectivity index (χ3n) is 8.36. The van der Waals surface area contributed by atoms with Crippen molar-refractivity contribution >= 4 is 22.7 Å². The molecule has 0 unspecified atom stereocenters. The van der Waals surface area contributed by atoms with Gasteiger partial charge in [-0.1, -0.05) is 37.1 Å². The molecule has 204 valence electrons. The second-order valence-corrected chi connectivity index (χ2v) is 11.3. The van der Waals surface area contributed by atoms with Crippen molar-refractivity contribution in [3.63, 3.8) is 0 Å². The van der Waals surface area contributed by atoms with E-state index in [1.807, 2.05) is 44.2 Å². The Kier molecular flexibility index (Phi) is 8.52. The first-order chi connectivity index (χ1) is 18.5. The number of allylic oxidation sites excluding steroid dienone is 2. The maximum absolute atomic E-state index is 13.4. The number of hydrogen-bond acceptors (Lipinski definition) is 4. The van der Waals surface area contributed by atoms with Crippen LogP contribution >= 0.6 is 0 Å². The predicted molar refractivity (Wildman–Crippen MR) is 151 cm³/mol. The van der Waals surface area contributed by atoms with E-state index in [4.69, 9.17) is 4.74 Å². The van der Waals surface area contributed by atoms with Gasteiger partial charge >= 0.3 is 0 Å². The third kappa shape index (κ3) is 6.68. The molecule has 5 rings (SSSR count). The van der Waals surface area contributed by atoms with Gasteiger partial charge in [-0.05, 0) is 88.7 Å². The summed E-state index contributed by atoms with van der Waals surface area (Å²) >= 11 is 0. The molecular formula is C31H42N4O3. The lowest BCUT2D eigenvalue weighted by Gasteiger charge is -2.27. The fourth-order valence-corrected chi connectivity index (χ4v) is 5.64. The Balaban J connectivity index is 1.14. The lowest BCUT2D eigenvalue weighted by atomic mass is 9.93. The number of benzene rings is 1. The summed E-state index contributed by atoms with van der Waals surface area (Å²) in [5.41, 5.74) is 2.37. The number of ether oxygens (including phenoxy) is 1. The molecule has 0 spiro atoms. The number of aromatic nitrogens is 1. The van der Waals surface area contributed by atoms with Crippen LogP contribution in [0, 0.1) is 18.8 Å². The maximum atomic E-state index is 13.4. The molecule has 1 saturated heterocycles. The van der Waals surface area contributed by atoms with Gasteiger partial charge < -0.3 is 20.4 Å². The summed E-state index contributed by atoms with van der Waals surface area (Å²) in [6, 6.07) is 7.30. The summed E-state index contributed by atoms with van der Waals surface area (Å²) in [5.74, 6) is 1.47. The van der Waals surface area contributed by atoms with Crippen LogP contribution in [0.1, 0.15) is 67.9 Å². The van der Waals surface area contributed by atoms with E-state index in [-0.39, 0.29) is 23.8 Å². The number of carbonyl (C=O) groups is 2. The van der Waals surface area contributed by atoms with Crippen molar-refractivity contribution in [3.8, 4) is 0 Å². The zero-order valence-corrected chi connectivity index (χ0v) is 22.8. The summed E-state index contributed by atoms with van der Waals surface area (Å²) in [4.78, 5) is 32.3. The molecule has 1 aliphatic heterocycles. The van der Waals surface area contributed by atoms with Gasteiger partial charge in [0.25, 0.3) is 5.91 Å². The summed E-state index contributed by atoms with van der Waals surface area (Å²) < 4.78 is 5.96. The first-order valence-electron chi connectivity index (χ1n) is 14.4. The predicted octanol–water partition coefficient (Wildman–Crippen LogP) is 4.84. The second-order valence-electron chi connectivity index (χ2n) is 11.3. The number of aromatic amines is 1. The molecule has 0 radical (unpaired) electrons. The average Bonchev–Trinajstić information content (AvgIpc) is 3.49. The molecule has 1 aromatic carbocycles. The zero-order valence-electron chi connectivity index (χ0n) is 22.8. The number of carbonyl (C=O) groups excluding carboxylic acids is 2. The van der Waals surface area contributed by atoms with E-state index in [1.165, 1.54) is 38.8 Å². The highest BCUT2D eigenvalue weighted by Crippen LogP contribution is 2.34. The highest BCUT2D eigenvalue weighted by Gasteiger charge is 2.29. The normalized spacial score (nSPS) is 21.2. The molecule has 2 heterocycles. The number of likely N-dealkylation sites (tertiary alicyclic amines) is 1. The SMILES string of the molecule is Cc1c(C(=O)N[C@@H](CCC2CC2)C(=O)N[C@H](C)[C@H]2C=CC(OCCN3CCCC3)=CC2)[nH]c2ccccc12. The summed E-state index contributed by atoms with van der Waals surface area (Å²) in [6.45, 7) is 8.05. The number of hydrogen-bond donors (Lipinski definition) is 3. The molecule has 7 nitrogen and oxygen atoms in total. The smallest absolute Gasteiger partial charge is 0.268 e. The van der Waals surface area contributed by atoms with Gasteiger partial charge in [-0.3, -0.25) is 14.5 Å². The van der Waals surface area contributed by atoms with Crippen LogP contribution in [0.2, 0.25) is 0 Å². The van der Waals surface area contributed by atoms with E-state index in [9.17, 15) is 9.59 Å². The molecule has 3 aliphatic rings. The van der Waals surface area contributed by atoms with Gasteiger partial charge in [0.1, 0.15) is 24.1 Å². The van der Waals surface area contributed by atoms with E-state index in [0.717, 1.165) is 41.6 Å². The first-order valence-corrected chi connectivity index (χ1v) is 14.4. The Morgan fingerprint density at radius 2 is 1.95 bits per heavy atom. The second kappa shape index (κ2) is 12.2. The van der Waals surface area contributed by atoms with Crippen LogP contribution in [-0.4, -0.2) is 60.0 Å². The molecule has 2 fully saturated rings. The van der Waals surface area contributed by atoms with E-state index in [1.54, 1.807) is 0 Å². The van der Waals surface area contributed by atoms with Gasteiger partial charge in [0, 0.05) is 29.4 Å². The van der Waals surface area contributed by atoms with Crippen molar-refractivity contribution < 1.29 is 14.3 Å². The van der Waals surface area contributed by atoms with Crippen molar-refractivity contribution in [2.24, 2.45) is 11.8 Å². The number of aryl methyl sites for hydroxylation is 1. The third-order valence-corrected chi connectivity index (χ3v) is 8.36. The minimum absolute atomic E-state index is 0.0451. The van der Waals surface area contributed by atoms with Crippen molar-refractivity contribution in [1.29, 1.82) is 0 Å². The number of H-pyrrole nitrogens is 1. The molecule has 2 amide bonds. The highest BCUT2D eigenvalue weighted by atomic mass is 16.5. The molecule has 3 N–H and O–H groups in total. The number of amides is 2. The maximum Gasteiger partial charge on any atom is 0.268 e. The lowest BCUT2D eigenvalue weighted by molar-refractivity contribution is -0.124. The summed E-state index contributed by atoms with van der Waals surface area (Å²) in [7, 11) is 0. The summed E-state index contributed by atoms with van der Waals surface area (Å²) in [5, 5.41) is 7.27. The number of rotatable bonds is 12. The standard InChI is InChI=1S/C31H42N4O3/c1-21-26-7-3-4-8-27(26)33-29(21)31(37)34-28(16-11-23-9-10-23)30(36)32-22(2)24-12-14-25(15-13-24)38-20-19-35-17-5-6-18-35/h3-4,7-8,12,14-15,22-24,28,33H,5-6,9-11,13,16-20H2,1-2H3,(H,32,36)(H,34,37)/t22-,24+,28+/m1/s1. The summed E-state index contributed by atoms with van der Waals surface area (Å²) in [6.07, 6.45) is 13.8. The van der Waals surface area contributed by atoms with Crippen molar-refractivity contribution in [1.82, 2.24) is 20.5 Å². The number of nitrogens with one attached hydrogen (secondary N) is 3. The van der Waals surface area contributed by atoms with Gasteiger partial charge in [0.2, 0.25) is 5.91 Å². The van der Waals surface area contributed by atoms with Gasteiger partial charge in [-0.2, -0.15) is 0 Å². The van der Waals surface area contributed by atoms with E-state index in [2.05, 4.69) is 32.7 Å². The minimum Gasteiger partial charge on any atom is -0.493 e. The van der Waals surface area contributed by atoms with E-state index >= 15 is 0 Å². The molecule has 1 aromatic heterocycles. The fourth-order valence-electron chi connectivity index (χ4n) is 5.64. The zero-order chi connectivity index (χ0) is 26.5. The Bertz CT molecular complexity index is 1190. The van der Waals surface area contributed by atoms with Crippen LogP contribution in [0.5, 0.6) is 0 Å². The largest absolute Gasteiger partial charge is 0.493 e. The molecule has 2 aliphatic carbocycles. The monoisotopic (exact) mass is 518 g/mol. The van der Waals surface area contributed by atoms with Gasteiger partial charge in [-0.25, -0.2) is 0 Å². The molecule has 2 aromatic rings. The van der Waals surface area contributed by atoms with Gasteiger partial charge in [-0.15, -0.1) is 0 Å². The van der Waals surface area contributed by atoms with Crippen molar-refractivity contribution in [2.45, 2.75) is 70.9 Å². The Morgan fingerprint density at radius 3 is 2.66 bits per heavy atom. The fraction of sp³-hybridized carbons (Fsp3) is 0.548. The molecule has 1 saturated carbocycles. The van der Waals surface area contributed by atoms with E-state index < -0.39 is 6.04 Å². The van der Waals surface area contributed by atoms with Crippen molar-refractivity contribution in [2.75, 3.05) is 26.2 Å². The Hall–Kier alpha value is -3.06. The minimum atomic E-state index is -0.552.